The molecule has 20 heavy (non-hydrogen) atoms. The van der Waals surface area contributed by atoms with Crippen LogP contribution in [0.15, 0.2) is 28.4 Å². The molecular formula is C13H12N2O4S. The van der Waals surface area contributed by atoms with Crippen molar-refractivity contribution in [2.75, 3.05) is 5.75 Å². The highest BCUT2D eigenvalue weighted by atomic mass is 32.2. The zero-order valence-corrected chi connectivity index (χ0v) is 11.5. The van der Waals surface area contributed by atoms with E-state index in [-0.39, 0.29) is 11.3 Å². The van der Waals surface area contributed by atoms with Crippen LogP contribution < -0.4 is 10.9 Å². The summed E-state index contributed by atoms with van der Waals surface area (Å²) in [6, 6.07) is 2.27. The van der Waals surface area contributed by atoms with Crippen LogP contribution in [-0.2, 0) is 9.84 Å². The molecule has 0 saturated carbocycles. The van der Waals surface area contributed by atoms with Gasteiger partial charge in [0.25, 0.3) is 11.5 Å². The normalized spacial score (nSPS) is 19.1. The summed E-state index contributed by atoms with van der Waals surface area (Å²) in [5.41, 5.74) is -0.227. The van der Waals surface area contributed by atoms with E-state index in [9.17, 15) is 18.0 Å². The second kappa shape index (κ2) is 5.35. The third-order valence-electron chi connectivity index (χ3n) is 2.66. The van der Waals surface area contributed by atoms with Gasteiger partial charge in [0.15, 0.2) is 9.84 Å². The summed E-state index contributed by atoms with van der Waals surface area (Å²) in [7, 11) is -3.25. The number of hydrogen-bond donors (Lipinski definition) is 2. The second-order valence-corrected chi connectivity index (χ2v) is 6.16. The Balaban J connectivity index is 2.16. The fraction of sp³-hybridized carbons (Fsp3) is 0.231. The molecule has 1 unspecified atom stereocenters. The van der Waals surface area contributed by atoms with Gasteiger partial charge in [0.2, 0.25) is 0 Å². The summed E-state index contributed by atoms with van der Waals surface area (Å²) in [5.74, 6) is 4.50. The van der Waals surface area contributed by atoms with Crippen LogP contribution in [0, 0.1) is 11.8 Å². The van der Waals surface area contributed by atoms with Crippen molar-refractivity contribution in [3.63, 3.8) is 0 Å². The molecule has 104 valence electrons. The maximum Gasteiger partial charge on any atom is 0.261 e. The Labute approximate surface area is 115 Å². The fourth-order valence-corrected chi connectivity index (χ4v) is 3.01. The van der Waals surface area contributed by atoms with Crippen LogP contribution in [0.3, 0.4) is 0 Å². The molecule has 0 aliphatic carbocycles. The minimum absolute atomic E-state index is 0.0793. The molecule has 6 nitrogen and oxygen atoms in total. The average molecular weight is 292 g/mol. The highest BCUT2D eigenvalue weighted by molar-refractivity contribution is 7.94. The van der Waals surface area contributed by atoms with Gasteiger partial charge in [-0.2, -0.15) is 0 Å². The first-order chi connectivity index (χ1) is 9.41. The van der Waals surface area contributed by atoms with E-state index in [1.165, 1.54) is 18.2 Å². The maximum absolute atomic E-state index is 11.9. The molecule has 1 aromatic rings. The Kier molecular flexibility index (Phi) is 3.77. The van der Waals surface area contributed by atoms with Crippen molar-refractivity contribution in [3.05, 3.63) is 45.2 Å². The molecule has 0 spiro atoms. The first-order valence-corrected chi connectivity index (χ1v) is 7.51. The van der Waals surface area contributed by atoms with Crippen molar-refractivity contribution in [2.45, 2.75) is 13.0 Å². The summed E-state index contributed by atoms with van der Waals surface area (Å²) in [4.78, 5) is 26.1. The van der Waals surface area contributed by atoms with Crippen LogP contribution >= 0.6 is 0 Å². The van der Waals surface area contributed by atoms with Crippen LogP contribution in [0.4, 0.5) is 0 Å². The lowest BCUT2D eigenvalue weighted by atomic mass is 10.2. The van der Waals surface area contributed by atoms with Crippen LogP contribution in [0.25, 0.3) is 0 Å². The predicted octanol–water partition coefficient (Wildman–Crippen LogP) is -0.213. The Bertz CT molecular complexity index is 794. The second-order valence-electron chi connectivity index (χ2n) is 4.23. The third-order valence-corrected chi connectivity index (χ3v) is 4.06. The van der Waals surface area contributed by atoms with Gasteiger partial charge in [-0.25, -0.2) is 8.42 Å². The topological polar surface area (TPSA) is 96.1 Å². The number of nitrogens with one attached hydrogen (secondary N) is 2. The molecule has 1 aromatic heterocycles. The van der Waals surface area contributed by atoms with Gasteiger partial charge < -0.3 is 10.3 Å². The fourth-order valence-electron chi connectivity index (χ4n) is 1.77. The summed E-state index contributed by atoms with van der Waals surface area (Å²) in [6.07, 6.45) is 1.39. The molecule has 1 atom stereocenters. The number of aromatic amines is 1. The van der Waals surface area contributed by atoms with Crippen molar-refractivity contribution >= 4 is 15.7 Å². The summed E-state index contributed by atoms with van der Waals surface area (Å²) in [6.45, 7) is 1.63. The van der Waals surface area contributed by atoms with Crippen molar-refractivity contribution in [3.8, 4) is 11.8 Å². The van der Waals surface area contributed by atoms with Gasteiger partial charge in [0, 0.05) is 5.41 Å². The number of pyridine rings is 1. The first kappa shape index (κ1) is 14.1. The minimum Gasteiger partial charge on any atom is -0.345 e. The van der Waals surface area contributed by atoms with Crippen LogP contribution in [0.2, 0.25) is 0 Å². The smallest absolute Gasteiger partial charge is 0.261 e. The highest BCUT2D eigenvalue weighted by Gasteiger charge is 2.24. The molecule has 2 N–H and O–H groups in total. The minimum atomic E-state index is -3.25. The molecular weight excluding hydrogens is 280 g/mol. The van der Waals surface area contributed by atoms with E-state index in [2.05, 4.69) is 22.1 Å². The number of carbonyl (C=O) groups excluding carboxylic acids is 1. The molecule has 0 radical (unpaired) electrons. The van der Waals surface area contributed by atoms with E-state index in [1.807, 2.05) is 0 Å². The third kappa shape index (κ3) is 3.16. The van der Waals surface area contributed by atoms with Gasteiger partial charge in [-0.1, -0.05) is 5.92 Å². The van der Waals surface area contributed by atoms with Gasteiger partial charge >= 0.3 is 0 Å². The highest BCUT2D eigenvalue weighted by Crippen LogP contribution is 2.08. The largest absolute Gasteiger partial charge is 0.345 e. The SMILES string of the molecule is CC#Cc1ccc(C(=O)NC2C=CS(=O)(=O)C2)c(=O)[nH]1. The van der Waals surface area contributed by atoms with Crippen LogP contribution in [0.5, 0.6) is 0 Å². The molecule has 1 aliphatic rings. The lowest BCUT2D eigenvalue weighted by molar-refractivity contribution is 0.0946. The lowest BCUT2D eigenvalue weighted by Gasteiger charge is -2.09. The van der Waals surface area contributed by atoms with Gasteiger partial charge in [-0.05, 0) is 31.1 Å². The van der Waals surface area contributed by atoms with E-state index >= 15 is 0 Å². The van der Waals surface area contributed by atoms with E-state index < -0.39 is 27.3 Å². The molecule has 2 heterocycles. The maximum atomic E-state index is 11.9. The molecule has 1 amide bonds. The number of H-pyrrole nitrogens is 1. The quantitative estimate of drug-likeness (QED) is 0.737. The molecule has 0 fully saturated rings. The number of hydrogen-bond acceptors (Lipinski definition) is 4. The van der Waals surface area contributed by atoms with Crippen LogP contribution in [0.1, 0.15) is 23.0 Å². The Morgan fingerprint density at radius 3 is 2.75 bits per heavy atom. The predicted molar refractivity (Wildman–Crippen MR) is 73.8 cm³/mol. The molecule has 0 bridgehead atoms. The molecule has 0 saturated heterocycles. The lowest BCUT2D eigenvalue weighted by Crippen LogP contribution is -2.38. The molecule has 7 heteroatoms. The number of carbonyl (C=O) groups is 1. The molecule has 1 aliphatic heterocycles. The first-order valence-electron chi connectivity index (χ1n) is 5.79. The number of rotatable bonds is 2. The Hall–Kier alpha value is -2.33. The summed E-state index contributed by atoms with van der Waals surface area (Å²) in [5, 5.41) is 3.54. The Morgan fingerprint density at radius 2 is 2.20 bits per heavy atom. The average Bonchev–Trinajstić information content (AvgIpc) is 2.69. The van der Waals surface area contributed by atoms with E-state index in [4.69, 9.17) is 0 Å². The van der Waals surface area contributed by atoms with Gasteiger partial charge in [0.05, 0.1) is 17.5 Å². The van der Waals surface area contributed by atoms with Gasteiger partial charge in [-0.15, -0.1) is 0 Å². The van der Waals surface area contributed by atoms with Crippen molar-refractivity contribution < 1.29 is 13.2 Å². The van der Waals surface area contributed by atoms with Crippen molar-refractivity contribution in [1.82, 2.24) is 10.3 Å². The van der Waals surface area contributed by atoms with Gasteiger partial charge in [0.1, 0.15) is 5.56 Å². The molecule has 0 aromatic carbocycles. The monoisotopic (exact) mass is 292 g/mol. The molecule has 2 rings (SSSR count). The number of sulfone groups is 1. The number of aromatic nitrogens is 1. The van der Waals surface area contributed by atoms with Crippen molar-refractivity contribution in [1.29, 1.82) is 0 Å². The van der Waals surface area contributed by atoms with Crippen LogP contribution in [-0.4, -0.2) is 31.1 Å². The zero-order chi connectivity index (χ0) is 14.8. The van der Waals surface area contributed by atoms with E-state index in [0.29, 0.717) is 5.69 Å². The van der Waals surface area contributed by atoms with Crippen molar-refractivity contribution in [2.24, 2.45) is 0 Å². The summed E-state index contributed by atoms with van der Waals surface area (Å²) < 4.78 is 22.4. The van der Waals surface area contributed by atoms with Gasteiger partial charge in [-0.3, -0.25) is 9.59 Å². The zero-order valence-electron chi connectivity index (χ0n) is 10.6. The Morgan fingerprint density at radius 1 is 1.45 bits per heavy atom. The summed E-state index contributed by atoms with van der Waals surface area (Å²) >= 11 is 0. The van der Waals surface area contributed by atoms with E-state index in [0.717, 1.165) is 5.41 Å². The van der Waals surface area contributed by atoms with E-state index in [1.54, 1.807) is 6.92 Å². The number of amides is 1. The standard InChI is InChI=1S/C13H12N2O4S/c1-2-3-9-4-5-11(12(16)14-9)13(17)15-10-6-7-20(18,19)8-10/h4-7,10H,8H2,1H3,(H,14,16)(H,15,17).